The number of aryl methyl sites for hydroxylation is 1. The monoisotopic (exact) mass is 379 g/mol. The van der Waals surface area contributed by atoms with E-state index >= 15 is 0 Å². The lowest BCUT2D eigenvalue weighted by atomic mass is 10.1. The van der Waals surface area contributed by atoms with E-state index in [1.165, 1.54) is 11.1 Å². The summed E-state index contributed by atoms with van der Waals surface area (Å²) < 4.78 is 12.6. The summed E-state index contributed by atoms with van der Waals surface area (Å²) in [5.41, 5.74) is 4.07. The molecule has 0 bridgehead atoms. The van der Waals surface area contributed by atoms with Crippen molar-refractivity contribution in [3.63, 3.8) is 0 Å². The minimum Gasteiger partial charge on any atom is -0.497 e. The van der Waals surface area contributed by atoms with Crippen molar-refractivity contribution in [2.75, 3.05) is 19.5 Å². The van der Waals surface area contributed by atoms with Crippen molar-refractivity contribution in [2.24, 2.45) is 0 Å². The van der Waals surface area contributed by atoms with Crippen LogP contribution in [0, 0.1) is 6.92 Å². The average molecular weight is 379 g/mol. The van der Waals surface area contributed by atoms with E-state index in [4.69, 9.17) is 9.47 Å². The number of urea groups is 1. The molecule has 0 aliphatic carbocycles. The van der Waals surface area contributed by atoms with E-state index < -0.39 is 0 Å². The molecule has 2 amide bonds. The van der Waals surface area contributed by atoms with Gasteiger partial charge in [0, 0.05) is 24.5 Å². The van der Waals surface area contributed by atoms with Gasteiger partial charge in [0.15, 0.2) is 0 Å². The number of carbonyl (C=O) groups is 1. The molecule has 0 unspecified atom stereocenters. The van der Waals surface area contributed by atoms with Gasteiger partial charge in [0.2, 0.25) is 0 Å². The highest BCUT2D eigenvalue weighted by Gasteiger charge is 2.10. The summed E-state index contributed by atoms with van der Waals surface area (Å²) in [6, 6.07) is 17.3. The van der Waals surface area contributed by atoms with Gasteiger partial charge in [-0.2, -0.15) is 0 Å². The number of carbonyl (C=O) groups excluding carboxylic acids is 1. The molecule has 6 nitrogen and oxygen atoms in total. The fraction of sp³-hybridized carbons (Fsp3) is 0.227. The van der Waals surface area contributed by atoms with Crippen molar-refractivity contribution < 1.29 is 14.3 Å². The standard InChI is InChI=1S/C22H25N3O3/c1-16-6-4-7-17(12-16)15-25-11-5-8-18(25)14-23-22(26)24-20-10-9-19(27-2)13-21(20)28-3/h4-13H,14-15H2,1-3H3,(H2,23,24,26). The third-order valence-corrected chi connectivity index (χ3v) is 4.45. The van der Waals surface area contributed by atoms with Crippen LogP contribution >= 0.6 is 0 Å². The average Bonchev–Trinajstić information content (AvgIpc) is 3.13. The van der Waals surface area contributed by atoms with Crippen molar-refractivity contribution in [1.29, 1.82) is 0 Å². The van der Waals surface area contributed by atoms with Gasteiger partial charge in [-0.15, -0.1) is 0 Å². The van der Waals surface area contributed by atoms with Gasteiger partial charge in [-0.1, -0.05) is 29.8 Å². The zero-order valence-corrected chi connectivity index (χ0v) is 16.4. The summed E-state index contributed by atoms with van der Waals surface area (Å²) in [5.74, 6) is 1.20. The maximum absolute atomic E-state index is 12.3. The third kappa shape index (κ3) is 4.85. The Bertz CT molecular complexity index is 950. The van der Waals surface area contributed by atoms with Crippen molar-refractivity contribution in [3.8, 4) is 11.5 Å². The van der Waals surface area contributed by atoms with Crippen LogP contribution in [0.5, 0.6) is 11.5 Å². The van der Waals surface area contributed by atoms with Gasteiger partial charge >= 0.3 is 6.03 Å². The van der Waals surface area contributed by atoms with Crippen molar-refractivity contribution in [2.45, 2.75) is 20.0 Å². The molecule has 2 N–H and O–H groups in total. The van der Waals surface area contributed by atoms with E-state index in [2.05, 4.69) is 46.4 Å². The molecule has 3 aromatic rings. The second-order valence-corrected chi connectivity index (χ2v) is 6.49. The molecule has 0 aliphatic rings. The highest BCUT2D eigenvalue weighted by atomic mass is 16.5. The molecule has 0 spiro atoms. The molecule has 0 saturated heterocycles. The Morgan fingerprint density at radius 3 is 2.64 bits per heavy atom. The normalized spacial score (nSPS) is 10.4. The Balaban J connectivity index is 1.61. The number of benzene rings is 2. The molecule has 28 heavy (non-hydrogen) atoms. The van der Waals surface area contributed by atoms with Crippen LogP contribution in [0.15, 0.2) is 60.8 Å². The predicted molar refractivity (Wildman–Crippen MR) is 110 cm³/mol. The Labute approximate surface area is 165 Å². The van der Waals surface area contributed by atoms with Gasteiger partial charge in [-0.3, -0.25) is 0 Å². The van der Waals surface area contributed by atoms with Crippen LogP contribution in [-0.4, -0.2) is 24.8 Å². The Kier molecular flexibility index (Phi) is 6.22. The molecule has 0 radical (unpaired) electrons. The van der Waals surface area contributed by atoms with Crippen LogP contribution in [0.1, 0.15) is 16.8 Å². The zero-order valence-electron chi connectivity index (χ0n) is 16.4. The molecule has 0 aliphatic heterocycles. The first-order valence-electron chi connectivity index (χ1n) is 9.05. The molecule has 146 valence electrons. The summed E-state index contributed by atoms with van der Waals surface area (Å²) in [6.07, 6.45) is 2.02. The SMILES string of the molecule is COc1ccc(NC(=O)NCc2cccn2Cc2cccc(C)c2)c(OC)c1. The topological polar surface area (TPSA) is 64.5 Å². The fourth-order valence-electron chi connectivity index (χ4n) is 3.01. The van der Waals surface area contributed by atoms with Crippen molar-refractivity contribution >= 4 is 11.7 Å². The van der Waals surface area contributed by atoms with Crippen LogP contribution in [0.2, 0.25) is 0 Å². The van der Waals surface area contributed by atoms with E-state index in [0.717, 1.165) is 12.2 Å². The van der Waals surface area contributed by atoms with E-state index in [1.807, 2.05) is 18.3 Å². The summed E-state index contributed by atoms with van der Waals surface area (Å²) in [6.45, 7) is 3.27. The lowest BCUT2D eigenvalue weighted by Crippen LogP contribution is -2.29. The molecule has 1 aromatic heterocycles. The first-order chi connectivity index (χ1) is 13.6. The highest BCUT2D eigenvalue weighted by molar-refractivity contribution is 5.91. The first-order valence-corrected chi connectivity index (χ1v) is 9.05. The van der Waals surface area contributed by atoms with Gasteiger partial charge in [-0.25, -0.2) is 4.79 Å². The van der Waals surface area contributed by atoms with E-state index in [0.29, 0.717) is 23.7 Å². The van der Waals surface area contributed by atoms with Gasteiger partial charge in [0.1, 0.15) is 11.5 Å². The smallest absolute Gasteiger partial charge is 0.319 e. The molecule has 6 heteroatoms. The van der Waals surface area contributed by atoms with Crippen LogP contribution in [0.25, 0.3) is 0 Å². The van der Waals surface area contributed by atoms with Crippen LogP contribution in [0.4, 0.5) is 10.5 Å². The minimum absolute atomic E-state index is 0.299. The Morgan fingerprint density at radius 2 is 1.89 bits per heavy atom. The fourth-order valence-corrected chi connectivity index (χ4v) is 3.01. The van der Waals surface area contributed by atoms with E-state index in [1.54, 1.807) is 32.4 Å². The van der Waals surface area contributed by atoms with Gasteiger partial charge in [0.05, 0.1) is 26.5 Å². The number of amides is 2. The first kappa shape index (κ1) is 19.4. The number of methoxy groups -OCH3 is 2. The maximum Gasteiger partial charge on any atom is 0.319 e. The summed E-state index contributed by atoms with van der Waals surface area (Å²) in [5, 5.41) is 5.71. The largest absolute Gasteiger partial charge is 0.497 e. The molecule has 1 heterocycles. The lowest BCUT2D eigenvalue weighted by molar-refractivity contribution is 0.251. The van der Waals surface area contributed by atoms with E-state index in [9.17, 15) is 4.79 Å². The molecular formula is C22H25N3O3. The molecule has 2 aromatic carbocycles. The lowest BCUT2D eigenvalue weighted by Gasteiger charge is -2.14. The second kappa shape index (κ2) is 8.99. The minimum atomic E-state index is -0.299. The summed E-state index contributed by atoms with van der Waals surface area (Å²) in [4.78, 5) is 12.3. The number of hydrogen-bond acceptors (Lipinski definition) is 3. The van der Waals surface area contributed by atoms with Gasteiger partial charge in [-0.05, 0) is 36.8 Å². The maximum atomic E-state index is 12.3. The summed E-state index contributed by atoms with van der Waals surface area (Å²) >= 11 is 0. The van der Waals surface area contributed by atoms with Gasteiger partial charge < -0.3 is 24.7 Å². The molecule has 0 atom stereocenters. The molecule has 0 saturated carbocycles. The molecule has 0 fully saturated rings. The number of rotatable bonds is 7. The van der Waals surface area contributed by atoms with Crippen LogP contribution in [0.3, 0.4) is 0 Å². The molecular weight excluding hydrogens is 354 g/mol. The Morgan fingerprint density at radius 1 is 1.04 bits per heavy atom. The van der Waals surface area contributed by atoms with Gasteiger partial charge in [0.25, 0.3) is 0 Å². The third-order valence-electron chi connectivity index (χ3n) is 4.45. The zero-order chi connectivity index (χ0) is 19.9. The van der Waals surface area contributed by atoms with Crippen molar-refractivity contribution in [3.05, 3.63) is 77.6 Å². The second-order valence-electron chi connectivity index (χ2n) is 6.49. The molecule has 3 rings (SSSR count). The number of aromatic nitrogens is 1. The number of ether oxygens (including phenoxy) is 2. The number of nitrogens with zero attached hydrogens (tertiary/aromatic N) is 1. The van der Waals surface area contributed by atoms with Crippen LogP contribution in [-0.2, 0) is 13.1 Å². The summed E-state index contributed by atoms with van der Waals surface area (Å²) in [7, 11) is 3.14. The predicted octanol–water partition coefficient (Wildman–Crippen LogP) is 4.18. The quantitative estimate of drug-likeness (QED) is 0.647. The van der Waals surface area contributed by atoms with Crippen LogP contribution < -0.4 is 20.1 Å². The Hall–Kier alpha value is -3.41. The highest BCUT2D eigenvalue weighted by Crippen LogP contribution is 2.28. The van der Waals surface area contributed by atoms with E-state index in [-0.39, 0.29) is 6.03 Å². The van der Waals surface area contributed by atoms with Crippen molar-refractivity contribution in [1.82, 2.24) is 9.88 Å². The number of anilines is 1. The number of hydrogen-bond donors (Lipinski definition) is 2. The number of nitrogens with one attached hydrogen (secondary N) is 2.